The average molecular weight is 409 g/mol. The Kier molecular flexibility index (Phi) is 5.53. The standard InChI is InChI=1S/C21H19N3O4S/c25-20(22-13-16-7-4-10-28-16)19-17-8-1-2-9-18(17)29-21(19)23-12-14-5-3-6-15(11-14)24(26)27/h3-7,10-12H,1-2,8-9,13H2,(H,22,25). The van der Waals surface area contributed by atoms with Crippen LogP contribution in [0, 0.1) is 10.1 Å². The van der Waals surface area contributed by atoms with E-state index in [0.29, 0.717) is 28.4 Å². The SMILES string of the molecule is O=C(NCc1ccco1)c1c(N=Cc2cccc([N+](=O)[O-])c2)sc2c1CCCC2. The van der Waals surface area contributed by atoms with E-state index >= 15 is 0 Å². The summed E-state index contributed by atoms with van der Waals surface area (Å²) in [6.45, 7) is 0.310. The molecule has 29 heavy (non-hydrogen) atoms. The van der Waals surface area contributed by atoms with Gasteiger partial charge in [0.25, 0.3) is 11.6 Å². The van der Waals surface area contributed by atoms with Gasteiger partial charge in [-0.1, -0.05) is 12.1 Å². The van der Waals surface area contributed by atoms with Crippen LogP contribution in [0.5, 0.6) is 0 Å². The largest absolute Gasteiger partial charge is 0.467 e. The number of carbonyl (C=O) groups is 1. The van der Waals surface area contributed by atoms with Gasteiger partial charge in [-0.15, -0.1) is 11.3 Å². The lowest BCUT2D eigenvalue weighted by Crippen LogP contribution is -2.23. The number of aryl methyl sites for hydroxylation is 1. The van der Waals surface area contributed by atoms with Crippen molar-refractivity contribution in [2.24, 2.45) is 4.99 Å². The van der Waals surface area contributed by atoms with Crippen molar-refractivity contribution >= 4 is 34.1 Å². The van der Waals surface area contributed by atoms with Gasteiger partial charge in [-0.25, -0.2) is 4.99 Å². The van der Waals surface area contributed by atoms with Crippen molar-refractivity contribution in [3.8, 4) is 0 Å². The van der Waals surface area contributed by atoms with Crippen LogP contribution in [-0.2, 0) is 19.4 Å². The number of non-ortho nitro benzene ring substituents is 1. The highest BCUT2D eigenvalue weighted by Gasteiger charge is 2.25. The van der Waals surface area contributed by atoms with Gasteiger partial charge in [0.2, 0.25) is 0 Å². The minimum Gasteiger partial charge on any atom is -0.467 e. The second kappa shape index (κ2) is 8.40. The monoisotopic (exact) mass is 409 g/mol. The van der Waals surface area contributed by atoms with Crippen LogP contribution in [0.2, 0.25) is 0 Å². The molecule has 0 atom stereocenters. The third kappa shape index (κ3) is 4.27. The van der Waals surface area contributed by atoms with Crippen LogP contribution in [0.4, 0.5) is 10.7 Å². The summed E-state index contributed by atoms with van der Waals surface area (Å²) in [6.07, 6.45) is 7.12. The summed E-state index contributed by atoms with van der Waals surface area (Å²) in [4.78, 5) is 29.2. The molecule has 0 spiro atoms. The zero-order valence-electron chi connectivity index (χ0n) is 15.6. The summed E-state index contributed by atoms with van der Waals surface area (Å²) in [7, 11) is 0. The Balaban J connectivity index is 1.62. The highest BCUT2D eigenvalue weighted by atomic mass is 32.1. The number of benzene rings is 1. The highest BCUT2D eigenvalue weighted by molar-refractivity contribution is 7.16. The number of amides is 1. The molecule has 3 aromatic rings. The van der Waals surface area contributed by atoms with Crippen LogP contribution < -0.4 is 5.32 Å². The maximum absolute atomic E-state index is 12.9. The number of nitro groups is 1. The molecule has 1 aliphatic rings. The number of nitro benzene ring substituents is 1. The van der Waals surface area contributed by atoms with E-state index in [2.05, 4.69) is 10.3 Å². The molecule has 0 unspecified atom stereocenters. The third-order valence-corrected chi connectivity index (χ3v) is 5.99. The quantitative estimate of drug-likeness (QED) is 0.359. The maximum atomic E-state index is 12.9. The van der Waals surface area contributed by atoms with Gasteiger partial charge in [-0.3, -0.25) is 14.9 Å². The molecule has 2 aromatic heterocycles. The number of hydrogen-bond donors (Lipinski definition) is 1. The summed E-state index contributed by atoms with van der Waals surface area (Å²) in [5.74, 6) is 0.510. The first-order chi connectivity index (χ1) is 14.1. The molecule has 0 radical (unpaired) electrons. The van der Waals surface area contributed by atoms with Gasteiger partial charge >= 0.3 is 0 Å². The maximum Gasteiger partial charge on any atom is 0.270 e. The fraction of sp³-hybridized carbons (Fsp3) is 0.238. The predicted octanol–water partition coefficient (Wildman–Crippen LogP) is 4.81. The second-order valence-corrected chi connectivity index (χ2v) is 7.85. The molecule has 0 fully saturated rings. The Morgan fingerprint density at radius 3 is 2.93 bits per heavy atom. The Labute approximate surface area is 171 Å². The van der Waals surface area contributed by atoms with Gasteiger partial charge in [-0.2, -0.15) is 0 Å². The normalized spacial score (nSPS) is 13.4. The Morgan fingerprint density at radius 2 is 2.14 bits per heavy atom. The lowest BCUT2D eigenvalue weighted by Gasteiger charge is -2.12. The zero-order chi connectivity index (χ0) is 20.2. The van der Waals surface area contributed by atoms with E-state index in [-0.39, 0.29) is 11.6 Å². The van der Waals surface area contributed by atoms with Crippen LogP contribution in [0.1, 0.15) is 45.0 Å². The molecule has 8 heteroatoms. The van der Waals surface area contributed by atoms with E-state index in [9.17, 15) is 14.9 Å². The average Bonchev–Trinajstić information content (AvgIpc) is 3.38. The molecule has 1 N–H and O–H groups in total. The number of rotatable bonds is 6. The Hall–Kier alpha value is -3.26. The first-order valence-electron chi connectivity index (χ1n) is 9.35. The molecular weight excluding hydrogens is 390 g/mol. The van der Waals surface area contributed by atoms with Crippen LogP contribution in [-0.4, -0.2) is 17.0 Å². The molecule has 0 saturated heterocycles. The Morgan fingerprint density at radius 1 is 1.28 bits per heavy atom. The van der Waals surface area contributed by atoms with Crippen molar-refractivity contribution in [3.63, 3.8) is 0 Å². The van der Waals surface area contributed by atoms with Crippen molar-refractivity contribution in [1.82, 2.24) is 5.32 Å². The van der Waals surface area contributed by atoms with Crippen molar-refractivity contribution in [2.75, 3.05) is 0 Å². The van der Waals surface area contributed by atoms with Crippen molar-refractivity contribution in [3.05, 3.63) is 80.1 Å². The fourth-order valence-corrected chi connectivity index (χ4v) is 4.63. The molecule has 0 aliphatic heterocycles. The van der Waals surface area contributed by atoms with Gasteiger partial charge in [0.1, 0.15) is 10.8 Å². The number of fused-ring (bicyclic) bond motifs is 1. The molecule has 2 heterocycles. The second-order valence-electron chi connectivity index (χ2n) is 6.76. The summed E-state index contributed by atoms with van der Waals surface area (Å²) in [6, 6.07) is 9.87. The fourth-order valence-electron chi connectivity index (χ4n) is 3.40. The minimum absolute atomic E-state index is 0.0100. The van der Waals surface area contributed by atoms with E-state index in [1.807, 2.05) is 6.07 Å². The molecule has 1 amide bonds. The number of nitrogens with zero attached hydrogens (tertiary/aromatic N) is 2. The zero-order valence-corrected chi connectivity index (χ0v) is 16.4. The minimum atomic E-state index is -0.436. The molecule has 1 aromatic carbocycles. The smallest absolute Gasteiger partial charge is 0.270 e. The van der Waals surface area contributed by atoms with Gasteiger partial charge in [-0.05, 0) is 48.9 Å². The summed E-state index contributed by atoms with van der Waals surface area (Å²) in [5.41, 5.74) is 2.31. The first-order valence-corrected chi connectivity index (χ1v) is 10.2. The summed E-state index contributed by atoms with van der Waals surface area (Å²) in [5, 5.41) is 14.5. The van der Waals surface area contributed by atoms with Crippen molar-refractivity contribution in [2.45, 2.75) is 32.2 Å². The molecule has 0 saturated carbocycles. The molecule has 1 aliphatic carbocycles. The number of aliphatic imine (C=N–C) groups is 1. The van der Waals surface area contributed by atoms with Gasteiger partial charge in [0, 0.05) is 23.2 Å². The van der Waals surface area contributed by atoms with Gasteiger partial charge in [0.15, 0.2) is 0 Å². The number of hydrogen-bond acceptors (Lipinski definition) is 6. The first kappa shape index (κ1) is 19.1. The van der Waals surface area contributed by atoms with E-state index in [1.54, 1.807) is 30.7 Å². The van der Waals surface area contributed by atoms with Crippen LogP contribution in [0.3, 0.4) is 0 Å². The van der Waals surface area contributed by atoms with E-state index in [0.717, 1.165) is 31.2 Å². The number of furan rings is 1. The van der Waals surface area contributed by atoms with Crippen molar-refractivity contribution in [1.29, 1.82) is 0 Å². The summed E-state index contributed by atoms with van der Waals surface area (Å²) < 4.78 is 5.28. The van der Waals surface area contributed by atoms with Gasteiger partial charge in [0.05, 0.1) is 23.3 Å². The summed E-state index contributed by atoms with van der Waals surface area (Å²) >= 11 is 1.53. The predicted molar refractivity (Wildman–Crippen MR) is 111 cm³/mol. The Bertz CT molecular complexity index is 1070. The lowest BCUT2D eigenvalue weighted by atomic mass is 9.95. The number of nitrogens with one attached hydrogen (secondary N) is 1. The van der Waals surface area contributed by atoms with E-state index < -0.39 is 4.92 Å². The lowest BCUT2D eigenvalue weighted by molar-refractivity contribution is -0.384. The van der Waals surface area contributed by atoms with Crippen molar-refractivity contribution < 1.29 is 14.1 Å². The third-order valence-electron chi connectivity index (χ3n) is 4.79. The number of thiophene rings is 1. The van der Waals surface area contributed by atoms with E-state index in [4.69, 9.17) is 4.42 Å². The van der Waals surface area contributed by atoms with Gasteiger partial charge < -0.3 is 9.73 Å². The molecule has 148 valence electrons. The van der Waals surface area contributed by atoms with Crippen LogP contribution in [0.15, 0.2) is 52.1 Å². The highest BCUT2D eigenvalue weighted by Crippen LogP contribution is 2.39. The van der Waals surface area contributed by atoms with E-state index in [1.165, 1.54) is 28.3 Å². The molecule has 4 rings (SSSR count). The molecule has 7 nitrogen and oxygen atoms in total. The molecule has 0 bridgehead atoms. The molecular formula is C21H19N3O4S. The van der Waals surface area contributed by atoms with Crippen LogP contribution in [0.25, 0.3) is 0 Å². The number of carbonyl (C=O) groups excluding carboxylic acids is 1. The van der Waals surface area contributed by atoms with Crippen LogP contribution >= 0.6 is 11.3 Å². The topological polar surface area (TPSA) is 97.7 Å².